The second-order valence-electron chi connectivity index (χ2n) is 6.21. The summed E-state index contributed by atoms with van der Waals surface area (Å²) >= 11 is 0. The van der Waals surface area contributed by atoms with E-state index in [1.807, 2.05) is 19.1 Å². The van der Waals surface area contributed by atoms with Crippen molar-refractivity contribution in [1.29, 1.82) is 0 Å². The van der Waals surface area contributed by atoms with Gasteiger partial charge in [0.1, 0.15) is 0 Å². The molecule has 2 aromatic rings. The van der Waals surface area contributed by atoms with Crippen molar-refractivity contribution >= 4 is 5.91 Å². The first kappa shape index (κ1) is 18.1. The Labute approximate surface area is 142 Å². The lowest BCUT2D eigenvalue weighted by Crippen LogP contribution is -2.35. The zero-order chi connectivity index (χ0) is 17.5. The molecule has 6 heteroatoms. The molecule has 1 atom stereocenters. The van der Waals surface area contributed by atoms with Gasteiger partial charge in [-0.1, -0.05) is 43.3 Å². The number of carbonyl (C=O) groups excluding carboxylic acids is 1. The van der Waals surface area contributed by atoms with Crippen LogP contribution in [-0.2, 0) is 16.0 Å². The lowest BCUT2D eigenvalue weighted by Gasteiger charge is -2.11. The van der Waals surface area contributed by atoms with Crippen molar-refractivity contribution in [2.24, 2.45) is 0 Å². The van der Waals surface area contributed by atoms with E-state index in [0.29, 0.717) is 37.1 Å². The van der Waals surface area contributed by atoms with Gasteiger partial charge in [0, 0.05) is 31.6 Å². The molecular formula is C18H25N3O3. The zero-order valence-corrected chi connectivity index (χ0v) is 14.7. The lowest BCUT2D eigenvalue weighted by molar-refractivity contribution is -0.122. The van der Waals surface area contributed by atoms with Crippen LogP contribution < -0.4 is 5.32 Å². The maximum atomic E-state index is 11.8. The SMILES string of the molecule is COCC(C)NC(=O)CCc1nc(-c2ccc(C(C)C)cc2)no1. The number of aryl methyl sites for hydroxylation is 1. The van der Waals surface area contributed by atoms with E-state index >= 15 is 0 Å². The third kappa shape index (κ3) is 5.16. The summed E-state index contributed by atoms with van der Waals surface area (Å²) in [4.78, 5) is 16.2. The van der Waals surface area contributed by atoms with E-state index in [0.717, 1.165) is 5.56 Å². The first-order valence-corrected chi connectivity index (χ1v) is 8.20. The second kappa shape index (κ2) is 8.59. The molecule has 0 saturated carbocycles. The van der Waals surface area contributed by atoms with Gasteiger partial charge < -0.3 is 14.6 Å². The molecular weight excluding hydrogens is 306 g/mol. The number of carbonyl (C=O) groups is 1. The Bertz CT molecular complexity index is 650. The fourth-order valence-electron chi connectivity index (χ4n) is 2.35. The first-order valence-electron chi connectivity index (χ1n) is 8.20. The largest absolute Gasteiger partial charge is 0.383 e. The number of nitrogens with one attached hydrogen (secondary N) is 1. The van der Waals surface area contributed by atoms with Gasteiger partial charge in [-0.3, -0.25) is 4.79 Å². The Morgan fingerprint density at radius 3 is 2.58 bits per heavy atom. The molecule has 0 fully saturated rings. The highest BCUT2D eigenvalue weighted by molar-refractivity contribution is 5.76. The highest BCUT2D eigenvalue weighted by atomic mass is 16.5. The van der Waals surface area contributed by atoms with Gasteiger partial charge in [-0.05, 0) is 18.4 Å². The third-order valence-electron chi connectivity index (χ3n) is 3.69. The van der Waals surface area contributed by atoms with Crippen molar-refractivity contribution in [3.05, 3.63) is 35.7 Å². The Balaban J connectivity index is 1.90. The third-order valence-corrected chi connectivity index (χ3v) is 3.69. The van der Waals surface area contributed by atoms with E-state index in [-0.39, 0.29) is 11.9 Å². The molecule has 2 rings (SSSR count). The summed E-state index contributed by atoms with van der Waals surface area (Å²) in [6.07, 6.45) is 0.727. The molecule has 0 radical (unpaired) electrons. The quantitative estimate of drug-likeness (QED) is 0.805. The summed E-state index contributed by atoms with van der Waals surface area (Å²) in [6, 6.07) is 8.10. The zero-order valence-electron chi connectivity index (χ0n) is 14.7. The molecule has 1 aromatic heterocycles. The number of hydrogen-bond donors (Lipinski definition) is 1. The van der Waals surface area contributed by atoms with Crippen LogP contribution in [0, 0.1) is 0 Å². The summed E-state index contributed by atoms with van der Waals surface area (Å²) < 4.78 is 10.2. The average molecular weight is 331 g/mol. The average Bonchev–Trinajstić information content (AvgIpc) is 3.02. The lowest BCUT2D eigenvalue weighted by atomic mass is 10.0. The van der Waals surface area contributed by atoms with Crippen LogP contribution in [0.5, 0.6) is 0 Å². The molecule has 0 aliphatic carbocycles. The maximum Gasteiger partial charge on any atom is 0.227 e. The first-order chi connectivity index (χ1) is 11.5. The topological polar surface area (TPSA) is 77.2 Å². The number of nitrogens with zero attached hydrogens (tertiary/aromatic N) is 2. The van der Waals surface area contributed by atoms with E-state index in [4.69, 9.17) is 9.26 Å². The predicted octanol–water partition coefficient (Wildman–Crippen LogP) is 2.94. The van der Waals surface area contributed by atoms with Gasteiger partial charge >= 0.3 is 0 Å². The highest BCUT2D eigenvalue weighted by Gasteiger charge is 2.12. The summed E-state index contributed by atoms with van der Waals surface area (Å²) in [6.45, 7) is 6.69. The highest BCUT2D eigenvalue weighted by Crippen LogP contribution is 2.20. The molecule has 1 N–H and O–H groups in total. The fraction of sp³-hybridized carbons (Fsp3) is 0.500. The second-order valence-corrected chi connectivity index (χ2v) is 6.21. The van der Waals surface area contributed by atoms with E-state index in [1.54, 1.807) is 7.11 Å². The Morgan fingerprint density at radius 1 is 1.25 bits per heavy atom. The Kier molecular flexibility index (Phi) is 6.49. The molecule has 1 aromatic carbocycles. The van der Waals surface area contributed by atoms with Crippen LogP contribution in [0.3, 0.4) is 0 Å². The monoisotopic (exact) mass is 331 g/mol. The minimum Gasteiger partial charge on any atom is -0.383 e. The molecule has 1 heterocycles. The summed E-state index contributed by atoms with van der Waals surface area (Å²) in [5, 5.41) is 6.84. The molecule has 130 valence electrons. The molecule has 0 spiro atoms. The van der Waals surface area contributed by atoms with Crippen LogP contribution in [0.2, 0.25) is 0 Å². The van der Waals surface area contributed by atoms with Crippen LogP contribution in [0.4, 0.5) is 0 Å². The molecule has 1 unspecified atom stereocenters. The normalized spacial score (nSPS) is 12.4. The van der Waals surface area contributed by atoms with Crippen LogP contribution >= 0.6 is 0 Å². The molecule has 0 saturated heterocycles. The fourth-order valence-corrected chi connectivity index (χ4v) is 2.35. The minimum atomic E-state index is -0.0550. The summed E-state index contributed by atoms with van der Waals surface area (Å²) in [5.41, 5.74) is 2.18. The molecule has 6 nitrogen and oxygen atoms in total. The summed E-state index contributed by atoms with van der Waals surface area (Å²) in [5.74, 6) is 1.44. The van der Waals surface area contributed by atoms with E-state index in [9.17, 15) is 4.79 Å². The van der Waals surface area contributed by atoms with Crippen LogP contribution in [0.15, 0.2) is 28.8 Å². The van der Waals surface area contributed by atoms with Gasteiger partial charge in [0.25, 0.3) is 0 Å². The van der Waals surface area contributed by atoms with Crippen LogP contribution in [0.1, 0.15) is 44.6 Å². The standard InChI is InChI=1S/C18H25N3O3/c1-12(2)14-5-7-15(8-6-14)18-20-17(24-21-18)10-9-16(22)19-13(3)11-23-4/h5-8,12-13H,9-11H2,1-4H3,(H,19,22). The van der Waals surface area contributed by atoms with Gasteiger partial charge in [-0.15, -0.1) is 0 Å². The Morgan fingerprint density at radius 2 is 1.96 bits per heavy atom. The molecule has 1 amide bonds. The minimum absolute atomic E-state index is 0.0137. The molecule has 24 heavy (non-hydrogen) atoms. The van der Waals surface area contributed by atoms with Crippen molar-refractivity contribution in [3.8, 4) is 11.4 Å². The Hall–Kier alpha value is -2.21. The van der Waals surface area contributed by atoms with Crippen LogP contribution in [-0.4, -0.2) is 35.8 Å². The van der Waals surface area contributed by atoms with Gasteiger partial charge in [0.15, 0.2) is 0 Å². The smallest absolute Gasteiger partial charge is 0.227 e. The number of hydrogen-bond acceptors (Lipinski definition) is 5. The number of methoxy groups -OCH3 is 1. The van der Waals surface area contributed by atoms with E-state index in [2.05, 4.69) is 41.4 Å². The number of amides is 1. The molecule has 0 aliphatic rings. The number of ether oxygens (including phenoxy) is 1. The van der Waals surface area contributed by atoms with E-state index < -0.39 is 0 Å². The van der Waals surface area contributed by atoms with Crippen molar-refractivity contribution in [1.82, 2.24) is 15.5 Å². The van der Waals surface area contributed by atoms with Gasteiger partial charge in [-0.2, -0.15) is 4.98 Å². The summed E-state index contributed by atoms with van der Waals surface area (Å²) in [7, 11) is 1.61. The van der Waals surface area contributed by atoms with Crippen LogP contribution in [0.25, 0.3) is 11.4 Å². The molecule has 0 bridgehead atoms. The van der Waals surface area contributed by atoms with Crippen molar-refractivity contribution in [3.63, 3.8) is 0 Å². The number of benzene rings is 1. The van der Waals surface area contributed by atoms with Crippen molar-refractivity contribution in [2.75, 3.05) is 13.7 Å². The van der Waals surface area contributed by atoms with Gasteiger partial charge in [-0.25, -0.2) is 0 Å². The number of rotatable bonds is 8. The van der Waals surface area contributed by atoms with Crippen molar-refractivity contribution < 1.29 is 14.1 Å². The predicted molar refractivity (Wildman–Crippen MR) is 91.6 cm³/mol. The van der Waals surface area contributed by atoms with Gasteiger partial charge in [0.05, 0.1) is 6.61 Å². The van der Waals surface area contributed by atoms with E-state index in [1.165, 1.54) is 5.56 Å². The maximum absolute atomic E-state index is 11.8. The molecule has 0 aliphatic heterocycles. The van der Waals surface area contributed by atoms with Crippen molar-refractivity contribution in [2.45, 2.75) is 45.6 Å². The van der Waals surface area contributed by atoms with Gasteiger partial charge in [0.2, 0.25) is 17.6 Å². The number of aromatic nitrogens is 2.